The molecule has 1 aromatic heterocycles. The predicted octanol–water partition coefficient (Wildman–Crippen LogP) is 2.04. The zero-order valence-corrected chi connectivity index (χ0v) is 12.3. The summed E-state index contributed by atoms with van der Waals surface area (Å²) in [6.07, 6.45) is 4.65. The van der Waals surface area contributed by atoms with Crippen molar-refractivity contribution in [2.24, 2.45) is 0 Å². The number of hydrogen-bond acceptors (Lipinski definition) is 6. The number of nitrogen functional groups attached to an aromatic ring is 1. The monoisotopic (exact) mass is 270 g/mol. The van der Waals surface area contributed by atoms with E-state index in [-0.39, 0.29) is 0 Å². The first-order valence-corrected chi connectivity index (χ1v) is 7.50. The van der Waals surface area contributed by atoms with Crippen LogP contribution in [0.3, 0.4) is 0 Å². The van der Waals surface area contributed by atoms with Gasteiger partial charge in [0.05, 0.1) is 6.61 Å². The number of thioether (sulfide) groups is 1. The van der Waals surface area contributed by atoms with Gasteiger partial charge in [-0.3, -0.25) is 0 Å². The summed E-state index contributed by atoms with van der Waals surface area (Å²) in [5, 5.41) is 0. The lowest BCUT2D eigenvalue weighted by Gasteiger charge is -2.28. The topological polar surface area (TPSA) is 64.3 Å². The van der Waals surface area contributed by atoms with E-state index in [9.17, 15) is 0 Å². The van der Waals surface area contributed by atoms with Crippen molar-refractivity contribution in [1.29, 1.82) is 0 Å². The van der Waals surface area contributed by atoms with E-state index in [0.29, 0.717) is 24.2 Å². The lowest BCUT2D eigenvalue weighted by molar-refractivity contribution is 0.328. The van der Waals surface area contributed by atoms with E-state index in [4.69, 9.17) is 10.5 Å². The average Bonchev–Trinajstić information content (AvgIpc) is 2.38. The molecule has 1 aromatic rings. The molecule has 1 rings (SSSR count). The number of anilines is 2. The maximum Gasteiger partial charge on any atom is 0.242 e. The maximum absolute atomic E-state index is 6.06. The van der Waals surface area contributed by atoms with Gasteiger partial charge in [0.2, 0.25) is 5.88 Å². The molecule has 5 nitrogen and oxygen atoms in total. The van der Waals surface area contributed by atoms with Crippen molar-refractivity contribution in [1.82, 2.24) is 9.97 Å². The third kappa shape index (κ3) is 3.41. The second-order valence-corrected chi connectivity index (χ2v) is 4.89. The molecule has 0 aliphatic heterocycles. The molecule has 0 spiro atoms. The summed E-state index contributed by atoms with van der Waals surface area (Å²) in [6.45, 7) is 4.62. The highest BCUT2D eigenvalue weighted by molar-refractivity contribution is 7.98. The van der Waals surface area contributed by atoms with Gasteiger partial charge in [0.15, 0.2) is 5.82 Å². The van der Waals surface area contributed by atoms with E-state index in [1.807, 2.05) is 25.7 Å². The highest BCUT2D eigenvalue weighted by atomic mass is 32.2. The lowest BCUT2D eigenvalue weighted by Crippen LogP contribution is -2.34. The summed E-state index contributed by atoms with van der Waals surface area (Å²) >= 11 is 1.82. The second-order valence-electron chi connectivity index (χ2n) is 3.98. The van der Waals surface area contributed by atoms with E-state index in [1.54, 1.807) is 0 Å². The van der Waals surface area contributed by atoms with Gasteiger partial charge < -0.3 is 15.4 Å². The van der Waals surface area contributed by atoms with Crippen LogP contribution in [0.5, 0.6) is 5.88 Å². The molecule has 6 heteroatoms. The zero-order valence-electron chi connectivity index (χ0n) is 11.5. The summed E-state index contributed by atoms with van der Waals surface area (Å²) in [5.74, 6) is 2.25. The molecular weight excluding hydrogens is 248 g/mol. The minimum Gasteiger partial charge on any atom is -0.476 e. The Hall–Kier alpha value is -1.17. The summed E-state index contributed by atoms with van der Waals surface area (Å²) in [7, 11) is 2.01. The molecule has 0 saturated carbocycles. The second kappa shape index (κ2) is 7.31. The molecule has 0 aliphatic rings. The number of nitrogens with two attached hydrogens (primary N) is 1. The van der Waals surface area contributed by atoms with E-state index >= 15 is 0 Å². The van der Waals surface area contributed by atoms with Crippen LogP contribution in [0.1, 0.15) is 20.3 Å². The van der Waals surface area contributed by atoms with Gasteiger partial charge in [-0.2, -0.15) is 16.7 Å². The number of nitrogens with zero attached hydrogens (tertiary/aromatic N) is 3. The Bertz CT molecular complexity index is 375. The largest absolute Gasteiger partial charge is 0.476 e. The Kier molecular flexibility index (Phi) is 6.04. The van der Waals surface area contributed by atoms with Crippen molar-refractivity contribution in [3.8, 4) is 5.88 Å². The molecule has 0 aromatic carbocycles. The first kappa shape index (κ1) is 14.9. The summed E-state index contributed by atoms with van der Waals surface area (Å²) in [5.41, 5.74) is 6.58. The van der Waals surface area contributed by atoms with Crippen LogP contribution in [-0.2, 0) is 0 Å². The Morgan fingerprint density at radius 1 is 1.44 bits per heavy atom. The van der Waals surface area contributed by atoms with E-state index in [0.717, 1.165) is 18.0 Å². The minimum absolute atomic E-state index is 0.409. The van der Waals surface area contributed by atoms with Gasteiger partial charge >= 0.3 is 0 Å². The molecular formula is C12H22N4OS. The molecule has 0 bridgehead atoms. The fourth-order valence-electron chi connectivity index (χ4n) is 1.77. The van der Waals surface area contributed by atoms with Crippen molar-refractivity contribution in [3.05, 3.63) is 6.33 Å². The van der Waals surface area contributed by atoms with Gasteiger partial charge in [-0.25, -0.2) is 4.98 Å². The van der Waals surface area contributed by atoms with Crippen LogP contribution in [-0.4, -0.2) is 41.7 Å². The fraction of sp³-hybridized carbons (Fsp3) is 0.667. The van der Waals surface area contributed by atoms with Crippen molar-refractivity contribution >= 4 is 23.3 Å². The molecule has 0 fully saturated rings. The van der Waals surface area contributed by atoms with Crippen LogP contribution in [0, 0.1) is 0 Å². The maximum atomic E-state index is 6.06. The molecule has 0 amide bonds. The van der Waals surface area contributed by atoms with Gasteiger partial charge in [0.25, 0.3) is 0 Å². The third-order valence-corrected chi connectivity index (χ3v) is 3.54. The van der Waals surface area contributed by atoms with Gasteiger partial charge in [-0.15, -0.1) is 0 Å². The van der Waals surface area contributed by atoms with Crippen LogP contribution in [0.4, 0.5) is 11.5 Å². The van der Waals surface area contributed by atoms with Crippen molar-refractivity contribution in [2.75, 3.05) is 36.3 Å². The smallest absolute Gasteiger partial charge is 0.242 e. The third-order valence-electron chi connectivity index (χ3n) is 2.82. The first-order valence-electron chi connectivity index (χ1n) is 6.10. The van der Waals surface area contributed by atoms with Gasteiger partial charge in [0, 0.05) is 18.8 Å². The molecule has 0 radical (unpaired) electrons. The first-order chi connectivity index (χ1) is 8.65. The van der Waals surface area contributed by atoms with Gasteiger partial charge in [-0.05, 0) is 19.6 Å². The molecule has 0 aliphatic carbocycles. The van der Waals surface area contributed by atoms with Crippen LogP contribution < -0.4 is 15.4 Å². The quantitative estimate of drug-likeness (QED) is 0.818. The average molecular weight is 270 g/mol. The van der Waals surface area contributed by atoms with Gasteiger partial charge in [0.1, 0.15) is 12.0 Å². The van der Waals surface area contributed by atoms with Crippen molar-refractivity contribution in [3.63, 3.8) is 0 Å². The molecule has 1 heterocycles. The standard InChI is InChI=1S/C12H22N4OS/c1-5-9(7-18-4)16(3)11-10(13)12(17-6-2)15-8-14-11/h8-9H,5-7,13H2,1-4H3. The summed E-state index contributed by atoms with van der Waals surface area (Å²) in [4.78, 5) is 10.4. The molecule has 1 atom stereocenters. The van der Waals surface area contributed by atoms with Gasteiger partial charge in [-0.1, -0.05) is 6.92 Å². The van der Waals surface area contributed by atoms with E-state index < -0.39 is 0 Å². The van der Waals surface area contributed by atoms with E-state index in [1.165, 1.54) is 6.33 Å². The van der Waals surface area contributed by atoms with Crippen molar-refractivity contribution < 1.29 is 4.74 Å². The van der Waals surface area contributed by atoms with E-state index in [2.05, 4.69) is 28.0 Å². The Balaban J connectivity index is 2.97. The Labute approximate surface area is 113 Å². The van der Waals surface area contributed by atoms with Crippen LogP contribution >= 0.6 is 11.8 Å². The molecule has 102 valence electrons. The summed E-state index contributed by atoms with van der Waals surface area (Å²) in [6, 6.07) is 0.409. The van der Waals surface area contributed by atoms with Crippen LogP contribution in [0.15, 0.2) is 6.33 Å². The number of hydrogen-bond donors (Lipinski definition) is 1. The highest BCUT2D eigenvalue weighted by Crippen LogP contribution is 2.29. The summed E-state index contributed by atoms with van der Waals surface area (Å²) < 4.78 is 5.39. The number of aromatic nitrogens is 2. The molecule has 2 N–H and O–H groups in total. The predicted molar refractivity (Wildman–Crippen MR) is 78.5 cm³/mol. The Morgan fingerprint density at radius 2 is 2.17 bits per heavy atom. The number of ether oxygens (including phenoxy) is 1. The van der Waals surface area contributed by atoms with Crippen molar-refractivity contribution in [2.45, 2.75) is 26.3 Å². The molecule has 1 unspecified atom stereocenters. The lowest BCUT2D eigenvalue weighted by atomic mass is 10.2. The fourth-order valence-corrected chi connectivity index (χ4v) is 2.62. The molecule has 18 heavy (non-hydrogen) atoms. The minimum atomic E-state index is 0.409. The van der Waals surface area contributed by atoms with Crippen LogP contribution in [0.2, 0.25) is 0 Å². The molecule has 0 saturated heterocycles. The van der Waals surface area contributed by atoms with Crippen LogP contribution in [0.25, 0.3) is 0 Å². The zero-order chi connectivity index (χ0) is 13.5. The normalized spacial score (nSPS) is 12.2. The number of rotatable bonds is 7. The Morgan fingerprint density at radius 3 is 2.72 bits per heavy atom. The highest BCUT2D eigenvalue weighted by Gasteiger charge is 2.18. The SMILES string of the molecule is CCOc1ncnc(N(C)C(CC)CSC)c1N.